The Morgan fingerprint density at radius 2 is 2.05 bits per heavy atom. The summed E-state index contributed by atoms with van der Waals surface area (Å²) in [4.78, 5) is 12.2. The summed E-state index contributed by atoms with van der Waals surface area (Å²) in [6.45, 7) is 0.492. The Hall–Kier alpha value is -1.36. The van der Waals surface area contributed by atoms with Crippen LogP contribution in [0.15, 0.2) is 24.3 Å². The minimum atomic E-state index is -2.86. The predicted octanol–water partition coefficient (Wildman–Crippen LogP) is 2.05. The monoisotopic (exact) mass is 321 g/mol. The summed E-state index contributed by atoms with van der Waals surface area (Å²) in [5.74, 6) is 0.930. The number of nitrogens with one attached hydrogen (secondary N) is 1. The van der Waals surface area contributed by atoms with Gasteiger partial charge < -0.3 is 5.32 Å². The Balaban J connectivity index is 1.53. The lowest BCUT2D eigenvalue weighted by Gasteiger charge is -2.25. The highest BCUT2D eigenvalue weighted by Gasteiger charge is 2.28. The fourth-order valence-corrected chi connectivity index (χ4v) is 5.52. The van der Waals surface area contributed by atoms with Gasteiger partial charge in [0.1, 0.15) is 0 Å². The molecule has 5 heteroatoms. The van der Waals surface area contributed by atoms with Gasteiger partial charge in [-0.2, -0.15) is 0 Å². The third kappa shape index (κ3) is 3.69. The fourth-order valence-electron chi connectivity index (χ4n) is 3.65. The summed E-state index contributed by atoms with van der Waals surface area (Å²) >= 11 is 0. The quantitative estimate of drug-likeness (QED) is 0.923. The van der Waals surface area contributed by atoms with E-state index in [2.05, 4.69) is 23.5 Å². The molecule has 0 spiro atoms. The average molecular weight is 321 g/mol. The smallest absolute Gasteiger partial charge is 0.220 e. The number of aryl methyl sites for hydroxylation is 1. The van der Waals surface area contributed by atoms with Gasteiger partial charge in [0.05, 0.1) is 11.5 Å². The van der Waals surface area contributed by atoms with Crippen molar-refractivity contribution in [1.29, 1.82) is 0 Å². The standard InChI is InChI=1S/C17H23NO3S/c19-17(18-11-13-8-9-22(20,21)12-13)10-15-6-3-5-14-4-1-2-7-16(14)15/h1-2,4,7,13,15H,3,5-6,8-12H2,(H,18,19). The maximum absolute atomic E-state index is 12.2. The van der Waals surface area contributed by atoms with Crippen LogP contribution in [0.4, 0.5) is 0 Å². The van der Waals surface area contributed by atoms with Gasteiger partial charge in [0.2, 0.25) is 5.91 Å². The van der Waals surface area contributed by atoms with Crippen molar-refractivity contribution in [3.05, 3.63) is 35.4 Å². The predicted molar refractivity (Wildman–Crippen MR) is 86.5 cm³/mol. The van der Waals surface area contributed by atoms with Crippen LogP contribution in [0, 0.1) is 5.92 Å². The molecule has 2 unspecified atom stereocenters. The van der Waals surface area contributed by atoms with Crippen molar-refractivity contribution in [3.8, 4) is 0 Å². The number of benzene rings is 1. The van der Waals surface area contributed by atoms with Gasteiger partial charge in [-0.05, 0) is 48.6 Å². The first-order chi connectivity index (χ1) is 10.5. The zero-order valence-electron chi connectivity index (χ0n) is 12.8. The first kappa shape index (κ1) is 15.5. The number of amides is 1. The molecular formula is C17H23NO3S. The summed E-state index contributed by atoms with van der Waals surface area (Å²) < 4.78 is 22.9. The van der Waals surface area contributed by atoms with E-state index in [-0.39, 0.29) is 23.3 Å². The zero-order valence-corrected chi connectivity index (χ0v) is 13.6. The van der Waals surface area contributed by atoms with Crippen LogP contribution in [0.25, 0.3) is 0 Å². The van der Waals surface area contributed by atoms with Crippen molar-refractivity contribution in [2.24, 2.45) is 5.92 Å². The molecule has 0 aromatic heterocycles. The number of sulfone groups is 1. The lowest BCUT2D eigenvalue weighted by molar-refractivity contribution is -0.121. The van der Waals surface area contributed by atoms with Gasteiger partial charge in [0.25, 0.3) is 0 Å². The van der Waals surface area contributed by atoms with Crippen molar-refractivity contribution in [3.63, 3.8) is 0 Å². The third-order valence-electron chi connectivity index (χ3n) is 4.84. The van der Waals surface area contributed by atoms with Crippen molar-refractivity contribution in [1.82, 2.24) is 5.32 Å². The van der Waals surface area contributed by atoms with Crippen molar-refractivity contribution >= 4 is 15.7 Å². The van der Waals surface area contributed by atoms with Crippen LogP contribution < -0.4 is 5.32 Å². The molecule has 1 heterocycles. The van der Waals surface area contributed by atoms with E-state index in [0.29, 0.717) is 25.3 Å². The average Bonchev–Trinajstić information content (AvgIpc) is 2.85. The minimum Gasteiger partial charge on any atom is -0.356 e. The van der Waals surface area contributed by atoms with Gasteiger partial charge >= 0.3 is 0 Å². The molecule has 1 saturated heterocycles. The van der Waals surface area contributed by atoms with Crippen LogP contribution in [0.3, 0.4) is 0 Å². The molecule has 2 aliphatic rings. The highest BCUT2D eigenvalue weighted by molar-refractivity contribution is 7.91. The third-order valence-corrected chi connectivity index (χ3v) is 6.68. The van der Waals surface area contributed by atoms with Gasteiger partial charge in [0.15, 0.2) is 9.84 Å². The molecule has 1 aliphatic heterocycles. The SMILES string of the molecule is O=C(CC1CCCc2ccccc21)NCC1CCS(=O)(=O)C1. The van der Waals surface area contributed by atoms with E-state index < -0.39 is 9.84 Å². The number of hydrogen-bond acceptors (Lipinski definition) is 3. The molecule has 0 radical (unpaired) electrons. The van der Waals surface area contributed by atoms with E-state index in [1.807, 2.05) is 6.07 Å². The minimum absolute atomic E-state index is 0.0472. The van der Waals surface area contributed by atoms with Crippen molar-refractivity contribution in [2.45, 2.75) is 38.0 Å². The highest BCUT2D eigenvalue weighted by Crippen LogP contribution is 2.33. The Bertz CT molecular complexity index is 654. The molecule has 4 nitrogen and oxygen atoms in total. The molecule has 22 heavy (non-hydrogen) atoms. The summed E-state index contributed by atoms with van der Waals surface area (Å²) in [5, 5.41) is 2.94. The summed E-state index contributed by atoms with van der Waals surface area (Å²) in [6, 6.07) is 8.39. The van der Waals surface area contributed by atoms with E-state index >= 15 is 0 Å². The second-order valence-electron chi connectivity index (χ2n) is 6.57. The van der Waals surface area contributed by atoms with Gasteiger partial charge in [-0.3, -0.25) is 4.79 Å². The molecule has 1 aromatic rings. The molecule has 1 aromatic carbocycles. The molecule has 1 aliphatic carbocycles. The molecule has 120 valence electrons. The van der Waals surface area contributed by atoms with Crippen LogP contribution in [0.1, 0.15) is 42.7 Å². The normalized spacial score (nSPS) is 26.4. The first-order valence-corrected chi connectivity index (χ1v) is 9.90. The van der Waals surface area contributed by atoms with Crippen LogP contribution in [0.5, 0.6) is 0 Å². The molecule has 1 amide bonds. The topological polar surface area (TPSA) is 63.2 Å². The number of rotatable bonds is 4. The second-order valence-corrected chi connectivity index (χ2v) is 8.79. The van der Waals surface area contributed by atoms with Gasteiger partial charge in [-0.25, -0.2) is 8.42 Å². The van der Waals surface area contributed by atoms with E-state index in [4.69, 9.17) is 0 Å². The molecule has 2 atom stereocenters. The summed E-state index contributed by atoms with van der Waals surface area (Å²) in [6.07, 6.45) is 4.48. The maximum Gasteiger partial charge on any atom is 0.220 e. The van der Waals surface area contributed by atoms with E-state index in [9.17, 15) is 13.2 Å². The number of fused-ring (bicyclic) bond motifs is 1. The first-order valence-electron chi connectivity index (χ1n) is 8.08. The lowest BCUT2D eigenvalue weighted by atomic mass is 9.81. The Labute approximate surface area is 132 Å². The molecule has 1 N–H and O–H groups in total. The summed E-state index contributed by atoms with van der Waals surface area (Å²) in [5.41, 5.74) is 2.68. The van der Waals surface area contributed by atoms with Gasteiger partial charge in [-0.15, -0.1) is 0 Å². The highest BCUT2D eigenvalue weighted by atomic mass is 32.2. The van der Waals surface area contributed by atoms with Crippen LogP contribution >= 0.6 is 0 Å². The van der Waals surface area contributed by atoms with Crippen molar-refractivity contribution < 1.29 is 13.2 Å². The molecular weight excluding hydrogens is 298 g/mol. The maximum atomic E-state index is 12.2. The Morgan fingerprint density at radius 1 is 1.23 bits per heavy atom. The van der Waals surface area contributed by atoms with E-state index in [1.54, 1.807) is 0 Å². The molecule has 0 saturated carbocycles. The van der Waals surface area contributed by atoms with Gasteiger partial charge in [-0.1, -0.05) is 24.3 Å². The fraction of sp³-hybridized carbons (Fsp3) is 0.588. The largest absolute Gasteiger partial charge is 0.356 e. The van der Waals surface area contributed by atoms with Crippen molar-refractivity contribution in [2.75, 3.05) is 18.1 Å². The number of carbonyl (C=O) groups is 1. The Morgan fingerprint density at radius 3 is 2.82 bits per heavy atom. The summed E-state index contributed by atoms with van der Waals surface area (Å²) in [7, 11) is -2.86. The van der Waals surface area contributed by atoms with E-state index in [1.165, 1.54) is 11.1 Å². The van der Waals surface area contributed by atoms with Crippen LogP contribution in [-0.4, -0.2) is 32.4 Å². The van der Waals surface area contributed by atoms with Gasteiger partial charge in [0, 0.05) is 13.0 Å². The van der Waals surface area contributed by atoms with Crippen LogP contribution in [0.2, 0.25) is 0 Å². The molecule has 1 fully saturated rings. The Kier molecular flexibility index (Phi) is 4.52. The zero-order chi connectivity index (χ0) is 15.6. The molecule has 3 rings (SSSR count). The van der Waals surface area contributed by atoms with E-state index in [0.717, 1.165) is 19.3 Å². The molecule has 0 bridgehead atoms. The second kappa shape index (κ2) is 6.41. The number of carbonyl (C=O) groups excluding carboxylic acids is 1. The van der Waals surface area contributed by atoms with Crippen LogP contribution in [-0.2, 0) is 21.1 Å². The lowest BCUT2D eigenvalue weighted by Crippen LogP contribution is -2.31. The number of hydrogen-bond donors (Lipinski definition) is 1.